The van der Waals surface area contributed by atoms with Crippen LogP contribution in [0.5, 0.6) is 0 Å². The van der Waals surface area contributed by atoms with E-state index in [0.717, 1.165) is 31.5 Å². The third-order valence-electron chi connectivity index (χ3n) is 5.31. The molecule has 4 amide bonds. The second-order valence-electron chi connectivity index (χ2n) is 7.87. The Kier molecular flexibility index (Phi) is 7.23. The Balaban J connectivity index is 1.50. The SMILES string of the molecule is Cc1cc(C(=O)N2CCC(C)CC2)ccc1NC(=O)NCC(=O)Nc1cccc(F)c1. The number of hydrogen-bond acceptors (Lipinski definition) is 3. The molecule has 3 rings (SSSR count). The highest BCUT2D eigenvalue weighted by Gasteiger charge is 2.21. The molecule has 0 spiro atoms. The van der Waals surface area contributed by atoms with Crippen LogP contribution in [-0.2, 0) is 4.79 Å². The van der Waals surface area contributed by atoms with Gasteiger partial charge in [-0.3, -0.25) is 9.59 Å². The van der Waals surface area contributed by atoms with Gasteiger partial charge in [0, 0.05) is 30.0 Å². The summed E-state index contributed by atoms with van der Waals surface area (Å²) in [6.45, 7) is 5.26. The van der Waals surface area contributed by atoms with E-state index in [1.807, 2.05) is 4.90 Å². The molecule has 3 N–H and O–H groups in total. The Morgan fingerprint density at radius 2 is 1.81 bits per heavy atom. The quantitative estimate of drug-likeness (QED) is 0.680. The van der Waals surface area contributed by atoms with Crippen LogP contribution < -0.4 is 16.0 Å². The van der Waals surface area contributed by atoms with Crippen LogP contribution in [0.3, 0.4) is 0 Å². The van der Waals surface area contributed by atoms with Crippen molar-refractivity contribution in [3.63, 3.8) is 0 Å². The molecule has 7 nitrogen and oxygen atoms in total. The first kappa shape index (κ1) is 22.3. The minimum absolute atomic E-state index is 0.0000197. The van der Waals surface area contributed by atoms with Crippen LogP contribution >= 0.6 is 0 Å². The molecule has 8 heteroatoms. The lowest BCUT2D eigenvalue weighted by molar-refractivity contribution is -0.115. The lowest BCUT2D eigenvalue weighted by atomic mass is 9.98. The number of urea groups is 1. The molecule has 0 aliphatic carbocycles. The fraction of sp³-hybridized carbons (Fsp3) is 0.348. The Bertz CT molecular complexity index is 971. The van der Waals surface area contributed by atoms with Crippen molar-refractivity contribution >= 4 is 29.2 Å². The predicted octanol–water partition coefficient (Wildman–Crippen LogP) is 3.77. The molecule has 0 aromatic heterocycles. The van der Waals surface area contributed by atoms with Crippen molar-refractivity contribution in [1.82, 2.24) is 10.2 Å². The third kappa shape index (κ3) is 6.28. The molecule has 0 unspecified atom stereocenters. The van der Waals surface area contributed by atoms with Gasteiger partial charge in [-0.2, -0.15) is 0 Å². The van der Waals surface area contributed by atoms with Crippen LogP contribution in [0.4, 0.5) is 20.6 Å². The number of benzene rings is 2. The van der Waals surface area contributed by atoms with Gasteiger partial charge in [-0.25, -0.2) is 9.18 Å². The minimum atomic E-state index is -0.554. The highest BCUT2D eigenvalue weighted by atomic mass is 19.1. The number of carbonyl (C=O) groups is 3. The summed E-state index contributed by atoms with van der Waals surface area (Å²) in [5.41, 5.74) is 2.20. The molecule has 2 aromatic carbocycles. The van der Waals surface area contributed by atoms with Gasteiger partial charge in [0.05, 0.1) is 6.54 Å². The summed E-state index contributed by atoms with van der Waals surface area (Å²) in [6.07, 6.45) is 2.02. The first-order valence-electron chi connectivity index (χ1n) is 10.3. The molecule has 164 valence electrons. The van der Waals surface area contributed by atoms with Gasteiger partial charge in [-0.15, -0.1) is 0 Å². The number of aryl methyl sites for hydroxylation is 1. The van der Waals surface area contributed by atoms with Gasteiger partial charge in [-0.1, -0.05) is 13.0 Å². The molecular formula is C23H27FN4O3. The summed E-state index contributed by atoms with van der Waals surface area (Å²) < 4.78 is 13.2. The summed E-state index contributed by atoms with van der Waals surface area (Å²) >= 11 is 0. The van der Waals surface area contributed by atoms with Crippen LogP contribution in [0, 0.1) is 18.7 Å². The van der Waals surface area contributed by atoms with Crippen molar-refractivity contribution < 1.29 is 18.8 Å². The number of halogens is 1. The molecule has 0 saturated carbocycles. The van der Waals surface area contributed by atoms with Crippen molar-refractivity contribution in [2.75, 3.05) is 30.3 Å². The molecule has 1 fully saturated rings. The van der Waals surface area contributed by atoms with E-state index >= 15 is 0 Å². The van der Waals surface area contributed by atoms with E-state index in [4.69, 9.17) is 0 Å². The average molecular weight is 426 g/mol. The topological polar surface area (TPSA) is 90.5 Å². The molecule has 31 heavy (non-hydrogen) atoms. The van der Waals surface area contributed by atoms with Gasteiger partial charge >= 0.3 is 6.03 Å². The maximum Gasteiger partial charge on any atom is 0.319 e. The van der Waals surface area contributed by atoms with E-state index in [1.54, 1.807) is 31.2 Å². The zero-order chi connectivity index (χ0) is 22.4. The molecule has 1 saturated heterocycles. The van der Waals surface area contributed by atoms with Crippen molar-refractivity contribution in [2.45, 2.75) is 26.7 Å². The Morgan fingerprint density at radius 1 is 1.06 bits per heavy atom. The number of likely N-dealkylation sites (tertiary alicyclic amines) is 1. The Morgan fingerprint density at radius 3 is 2.48 bits per heavy atom. The highest BCUT2D eigenvalue weighted by molar-refractivity contribution is 5.98. The fourth-order valence-corrected chi connectivity index (χ4v) is 3.43. The first-order chi connectivity index (χ1) is 14.8. The largest absolute Gasteiger partial charge is 0.339 e. The monoisotopic (exact) mass is 426 g/mol. The predicted molar refractivity (Wildman–Crippen MR) is 118 cm³/mol. The summed E-state index contributed by atoms with van der Waals surface area (Å²) in [5.74, 6) is -0.295. The van der Waals surface area contributed by atoms with Crippen LogP contribution in [0.15, 0.2) is 42.5 Å². The minimum Gasteiger partial charge on any atom is -0.339 e. The lowest BCUT2D eigenvalue weighted by Gasteiger charge is -2.30. The van der Waals surface area contributed by atoms with Crippen LogP contribution in [-0.4, -0.2) is 42.4 Å². The van der Waals surface area contributed by atoms with Gasteiger partial charge in [-0.05, 0) is 67.6 Å². The standard InChI is InChI=1S/C23H27FN4O3/c1-15-8-10-28(11-9-15)22(30)17-6-7-20(16(2)12-17)27-23(31)25-14-21(29)26-19-5-3-4-18(24)13-19/h3-7,12-13,15H,8-11,14H2,1-2H3,(H,26,29)(H2,25,27,31). The second-order valence-corrected chi connectivity index (χ2v) is 7.87. The summed E-state index contributed by atoms with van der Waals surface area (Å²) in [7, 11) is 0. The molecule has 0 atom stereocenters. The van der Waals surface area contributed by atoms with Gasteiger partial charge in [0.2, 0.25) is 5.91 Å². The van der Waals surface area contributed by atoms with Crippen LogP contribution in [0.2, 0.25) is 0 Å². The number of nitrogens with zero attached hydrogens (tertiary/aromatic N) is 1. The Labute approximate surface area is 181 Å². The highest BCUT2D eigenvalue weighted by Crippen LogP contribution is 2.21. The number of anilines is 2. The summed E-state index contributed by atoms with van der Waals surface area (Å²) in [5, 5.41) is 7.63. The molecule has 2 aromatic rings. The number of hydrogen-bond donors (Lipinski definition) is 3. The zero-order valence-electron chi connectivity index (χ0n) is 17.7. The summed E-state index contributed by atoms with van der Waals surface area (Å²) in [4.78, 5) is 38.6. The normalized spacial score (nSPS) is 14.1. The van der Waals surface area contributed by atoms with Gasteiger partial charge in [0.25, 0.3) is 5.91 Å². The van der Waals surface area contributed by atoms with E-state index in [0.29, 0.717) is 22.9 Å². The van der Waals surface area contributed by atoms with Crippen molar-refractivity contribution in [3.05, 3.63) is 59.4 Å². The number of nitrogens with one attached hydrogen (secondary N) is 3. The van der Waals surface area contributed by atoms with E-state index in [1.165, 1.54) is 18.2 Å². The number of carbonyl (C=O) groups excluding carboxylic acids is 3. The van der Waals surface area contributed by atoms with Crippen molar-refractivity contribution in [3.8, 4) is 0 Å². The van der Waals surface area contributed by atoms with Crippen LogP contribution in [0.1, 0.15) is 35.7 Å². The van der Waals surface area contributed by atoms with E-state index in [-0.39, 0.29) is 12.5 Å². The molecule has 0 radical (unpaired) electrons. The smallest absolute Gasteiger partial charge is 0.319 e. The van der Waals surface area contributed by atoms with Crippen molar-refractivity contribution in [1.29, 1.82) is 0 Å². The van der Waals surface area contributed by atoms with E-state index in [2.05, 4.69) is 22.9 Å². The number of piperidine rings is 1. The maximum atomic E-state index is 13.2. The first-order valence-corrected chi connectivity index (χ1v) is 10.3. The van der Waals surface area contributed by atoms with Gasteiger partial charge in [0.1, 0.15) is 5.82 Å². The average Bonchev–Trinajstić information content (AvgIpc) is 2.74. The second kappa shape index (κ2) is 10.1. The van der Waals surface area contributed by atoms with E-state index in [9.17, 15) is 18.8 Å². The van der Waals surface area contributed by atoms with E-state index < -0.39 is 17.8 Å². The molecule has 0 bridgehead atoms. The van der Waals surface area contributed by atoms with Crippen molar-refractivity contribution in [2.24, 2.45) is 5.92 Å². The molecule has 1 heterocycles. The molecule has 1 aliphatic rings. The van der Waals surface area contributed by atoms with Gasteiger partial charge < -0.3 is 20.9 Å². The number of rotatable bonds is 5. The molecule has 1 aliphatic heterocycles. The Hall–Kier alpha value is -3.42. The zero-order valence-corrected chi connectivity index (χ0v) is 17.7. The summed E-state index contributed by atoms with van der Waals surface area (Å²) in [6, 6.07) is 10.1. The fourth-order valence-electron chi connectivity index (χ4n) is 3.43. The molecular weight excluding hydrogens is 399 g/mol. The lowest BCUT2D eigenvalue weighted by Crippen LogP contribution is -2.38. The van der Waals surface area contributed by atoms with Crippen LogP contribution in [0.25, 0.3) is 0 Å². The van der Waals surface area contributed by atoms with Gasteiger partial charge in [0.15, 0.2) is 0 Å². The third-order valence-corrected chi connectivity index (χ3v) is 5.31. The number of amides is 4. The maximum absolute atomic E-state index is 13.2.